The predicted octanol–water partition coefficient (Wildman–Crippen LogP) is 3.23. The number of carbonyl (C=O) groups excluding carboxylic acids is 1. The molecule has 1 aromatic carbocycles. The van der Waals surface area contributed by atoms with E-state index in [9.17, 15) is 9.90 Å². The van der Waals surface area contributed by atoms with Crippen molar-refractivity contribution in [1.82, 2.24) is 5.32 Å². The van der Waals surface area contributed by atoms with Crippen LogP contribution in [0.1, 0.15) is 70.1 Å². The van der Waals surface area contributed by atoms with Gasteiger partial charge in [-0.2, -0.15) is 0 Å². The van der Waals surface area contributed by atoms with Gasteiger partial charge >= 0.3 is 0 Å². The average molecular weight is 478 g/mol. The number of aliphatic hydroxyl groups is 1. The minimum Gasteiger partial charge on any atom is -0.388 e. The van der Waals surface area contributed by atoms with Crippen molar-refractivity contribution in [1.29, 1.82) is 0 Å². The third kappa shape index (κ3) is 7.47. The van der Waals surface area contributed by atoms with Gasteiger partial charge in [0.25, 0.3) is 0 Å². The normalized spacial score (nSPS) is 32.7. The molecule has 190 valence electrons. The van der Waals surface area contributed by atoms with Gasteiger partial charge in [0.15, 0.2) is 12.6 Å². The highest BCUT2D eigenvalue weighted by atomic mass is 16.7. The second kappa shape index (κ2) is 13.0. The molecule has 0 aromatic heterocycles. The Hall–Kier alpha value is -1.55. The van der Waals surface area contributed by atoms with E-state index in [4.69, 9.17) is 23.7 Å². The summed E-state index contributed by atoms with van der Waals surface area (Å²) in [5.74, 6) is -0.250. The summed E-state index contributed by atoms with van der Waals surface area (Å²) in [6.07, 6.45) is 6.59. The Morgan fingerprint density at radius 1 is 1.00 bits per heavy atom. The predicted molar refractivity (Wildman–Crippen MR) is 125 cm³/mol. The van der Waals surface area contributed by atoms with E-state index < -0.39 is 36.9 Å². The maximum absolute atomic E-state index is 11.8. The summed E-state index contributed by atoms with van der Waals surface area (Å²) in [4.78, 5) is 11.8. The summed E-state index contributed by atoms with van der Waals surface area (Å²) >= 11 is 0. The van der Waals surface area contributed by atoms with Crippen molar-refractivity contribution in [3.8, 4) is 0 Å². The lowest BCUT2D eigenvalue weighted by atomic mass is 9.95. The second-order valence-electron chi connectivity index (χ2n) is 9.53. The molecule has 3 heterocycles. The van der Waals surface area contributed by atoms with Gasteiger partial charge in [0.05, 0.1) is 19.3 Å². The van der Waals surface area contributed by atoms with Crippen molar-refractivity contribution in [2.75, 3.05) is 19.8 Å². The molecule has 8 nitrogen and oxygen atoms in total. The van der Waals surface area contributed by atoms with Crippen molar-refractivity contribution < 1.29 is 33.6 Å². The average Bonchev–Trinajstić information content (AvgIpc) is 3.67. The SMILES string of the molecule is CC(=O)N[C@H]1[C@H](OCCCCCCCCC[C@H]2CO2)O[C@@H]2CO[C@@H](c3ccccc3)O[C@H]2[C@@H]1O. The minimum atomic E-state index is -0.969. The number of epoxide rings is 1. The number of unbranched alkanes of at least 4 members (excludes halogenated alkanes) is 6. The highest BCUT2D eigenvalue weighted by Gasteiger charge is 2.50. The van der Waals surface area contributed by atoms with Gasteiger partial charge in [0.2, 0.25) is 5.91 Å². The van der Waals surface area contributed by atoms with Crippen molar-refractivity contribution in [3.05, 3.63) is 35.9 Å². The molecule has 3 saturated heterocycles. The molecule has 0 saturated carbocycles. The van der Waals surface area contributed by atoms with Crippen LogP contribution in [0.2, 0.25) is 0 Å². The number of rotatable bonds is 13. The van der Waals surface area contributed by atoms with E-state index in [1.807, 2.05) is 30.3 Å². The lowest BCUT2D eigenvalue weighted by Crippen LogP contribution is -2.66. The van der Waals surface area contributed by atoms with Gasteiger partial charge in [-0.3, -0.25) is 4.79 Å². The molecule has 0 bridgehead atoms. The molecule has 4 rings (SSSR count). The van der Waals surface area contributed by atoms with Gasteiger partial charge in [-0.25, -0.2) is 0 Å². The number of aliphatic hydroxyl groups excluding tert-OH is 1. The molecule has 3 fully saturated rings. The Labute approximate surface area is 202 Å². The number of benzene rings is 1. The second-order valence-corrected chi connectivity index (χ2v) is 9.53. The Bertz CT molecular complexity index is 744. The Balaban J connectivity index is 1.19. The lowest BCUT2D eigenvalue weighted by molar-refractivity contribution is -0.344. The van der Waals surface area contributed by atoms with Crippen LogP contribution in [-0.2, 0) is 28.5 Å². The van der Waals surface area contributed by atoms with Crippen LogP contribution >= 0.6 is 0 Å². The van der Waals surface area contributed by atoms with Gasteiger partial charge in [-0.05, 0) is 12.8 Å². The fourth-order valence-electron chi connectivity index (χ4n) is 4.69. The molecule has 0 aliphatic carbocycles. The Morgan fingerprint density at radius 2 is 1.71 bits per heavy atom. The zero-order valence-corrected chi connectivity index (χ0v) is 20.1. The molecule has 1 aromatic rings. The summed E-state index contributed by atoms with van der Waals surface area (Å²) in [6, 6.07) is 8.88. The first-order valence-corrected chi connectivity index (χ1v) is 12.8. The molecule has 2 N–H and O–H groups in total. The first-order valence-electron chi connectivity index (χ1n) is 12.8. The van der Waals surface area contributed by atoms with E-state index in [1.165, 1.54) is 45.4 Å². The number of hydrogen-bond donors (Lipinski definition) is 2. The van der Waals surface area contributed by atoms with Crippen LogP contribution in [0, 0.1) is 0 Å². The van der Waals surface area contributed by atoms with E-state index in [0.29, 0.717) is 12.7 Å². The summed E-state index contributed by atoms with van der Waals surface area (Å²) in [5, 5.41) is 13.9. The molecule has 0 spiro atoms. The minimum absolute atomic E-state index is 0.250. The third-order valence-electron chi connectivity index (χ3n) is 6.66. The van der Waals surface area contributed by atoms with Crippen LogP contribution in [0.4, 0.5) is 0 Å². The molecule has 0 radical (unpaired) electrons. The molecule has 0 unspecified atom stereocenters. The Morgan fingerprint density at radius 3 is 2.41 bits per heavy atom. The van der Waals surface area contributed by atoms with Gasteiger partial charge in [0, 0.05) is 19.1 Å². The fourth-order valence-corrected chi connectivity index (χ4v) is 4.69. The number of nitrogens with one attached hydrogen (secondary N) is 1. The first-order chi connectivity index (χ1) is 16.6. The van der Waals surface area contributed by atoms with Gasteiger partial charge in [-0.1, -0.05) is 68.9 Å². The van der Waals surface area contributed by atoms with Gasteiger partial charge in [-0.15, -0.1) is 0 Å². The smallest absolute Gasteiger partial charge is 0.217 e. The third-order valence-corrected chi connectivity index (χ3v) is 6.66. The van der Waals surface area contributed by atoms with Crippen LogP contribution in [0.15, 0.2) is 30.3 Å². The zero-order valence-electron chi connectivity index (χ0n) is 20.1. The number of fused-ring (bicyclic) bond motifs is 1. The zero-order chi connectivity index (χ0) is 23.8. The van der Waals surface area contributed by atoms with E-state index >= 15 is 0 Å². The monoisotopic (exact) mass is 477 g/mol. The topological polar surface area (TPSA) is 98.8 Å². The lowest BCUT2D eigenvalue weighted by Gasteiger charge is -2.47. The molecule has 8 heteroatoms. The van der Waals surface area contributed by atoms with Crippen LogP contribution in [0.25, 0.3) is 0 Å². The first kappa shape index (κ1) is 25.5. The van der Waals surface area contributed by atoms with Crippen LogP contribution < -0.4 is 5.32 Å². The summed E-state index contributed by atoms with van der Waals surface area (Å²) in [7, 11) is 0. The van der Waals surface area contributed by atoms with Crippen LogP contribution in [0.5, 0.6) is 0 Å². The number of ether oxygens (including phenoxy) is 5. The maximum Gasteiger partial charge on any atom is 0.217 e. The summed E-state index contributed by atoms with van der Waals surface area (Å²) in [5.41, 5.74) is 0.875. The van der Waals surface area contributed by atoms with E-state index in [-0.39, 0.29) is 12.5 Å². The molecule has 1 amide bonds. The van der Waals surface area contributed by atoms with Crippen molar-refractivity contribution in [2.24, 2.45) is 0 Å². The standard InChI is InChI=1S/C26H39NO7/c1-18(28)27-22-23(29)24-21(17-32-25(34-24)19-12-8-7-9-13-19)33-26(22)30-15-11-6-4-2-3-5-10-14-20-16-31-20/h7-9,12-13,20-26,29H,2-6,10-11,14-17H2,1H3,(H,27,28)/t20-,21+,22+,23+,24+,25+,26+/m0/s1. The van der Waals surface area contributed by atoms with E-state index in [0.717, 1.165) is 25.0 Å². The highest BCUT2D eigenvalue weighted by molar-refractivity contribution is 5.73. The highest BCUT2D eigenvalue weighted by Crippen LogP contribution is 2.34. The molecule has 3 aliphatic heterocycles. The van der Waals surface area contributed by atoms with Gasteiger partial charge < -0.3 is 34.1 Å². The Kier molecular flexibility index (Phi) is 9.73. The molecular weight excluding hydrogens is 438 g/mol. The van der Waals surface area contributed by atoms with Crippen molar-refractivity contribution in [3.63, 3.8) is 0 Å². The molecular formula is C26H39NO7. The van der Waals surface area contributed by atoms with Crippen LogP contribution in [0.3, 0.4) is 0 Å². The number of amides is 1. The van der Waals surface area contributed by atoms with Crippen LogP contribution in [-0.4, -0.2) is 67.6 Å². The molecule has 34 heavy (non-hydrogen) atoms. The van der Waals surface area contributed by atoms with Crippen molar-refractivity contribution >= 4 is 5.91 Å². The maximum atomic E-state index is 11.8. The summed E-state index contributed by atoms with van der Waals surface area (Å²) < 4.78 is 29.2. The number of hydrogen-bond acceptors (Lipinski definition) is 7. The molecule has 3 aliphatic rings. The largest absolute Gasteiger partial charge is 0.388 e. The van der Waals surface area contributed by atoms with E-state index in [1.54, 1.807) is 0 Å². The van der Waals surface area contributed by atoms with Crippen molar-refractivity contribution in [2.45, 2.75) is 101 Å². The summed E-state index contributed by atoms with van der Waals surface area (Å²) in [6.45, 7) is 3.17. The fraction of sp³-hybridized carbons (Fsp3) is 0.731. The number of carbonyl (C=O) groups is 1. The van der Waals surface area contributed by atoms with Gasteiger partial charge in [0.1, 0.15) is 24.4 Å². The molecule has 7 atom stereocenters. The van der Waals surface area contributed by atoms with E-state index in [2.05, 4.69) is 5.32 Å². The quantitative estimate of drug-likeness (QED) is 0.332.